The number of ether oxygens (including phenoxy) is 1. The van der Waals surface area contributed by atoms with Crippen LogP contribution in [0.25, 0.3) is 28.9 Å². The van der Waals surface area contributed by atoms with Crippen LogP contribution in [0.3, 0.4) is 0 Å². The summed E-state index contributed by atoms with van der Waals surface area (Å²) in [4.78, 5) is 7.74. The second kappa shape index (κ2) is 6.04. The first kappa shape index (κ1) is 16.5. The zero-order chi connectivity index (χ0) is 19.5. The van der Waals surface area contributed by atoms with Gasteiger partial charge in [0.15, 0.2) is 23.5 Å². The molecule has 11 heteroatoms. The van der Waals surface area contributed by atoms with E-state index in [9.17, 15) is 5.26 Å². The number of para-hydroxylation sites is 1. The summed E-state index contributed by atoms with van der Waals surface area (Å²) in [6.45, 7) is 1.27. The van der Waals surface area contributed by atoms with Gasteiger partial charge in [0.1, 0.15) is 5.82 Å². The molecule has 0 radical (unpaired) electrons. The number of halogens is 1. The third-order valence-electron chi connectivity index (χ3n) is 5.28. The molecule has 3 aliphatic heterocycles. The predicted molar refractivity (Wildman–Crippen MR) is 101 cm³/mol. The molecule has 0 bridgehead atoms. The molecule has 1 saturated heterocycles. The Morgan fingerprint density at radius 1 is 1.21 bits per heavy atom. The molecule has 1 aromatic carbocycles. The van der Waals surface area contributed by atoms with Gasteiger partial charge in [0.05, 0.1) is 18.5 Å². The lowest BCUT2D eigenvalue weighted by Gasteiger charge is -2.32. The number of nitriles is 1. The van der Waals surface area contributed by atoms with Crippen LogP contribution in [0.15, 0.2) is 35.0 Å². The lowest BCUT2D eigenvalue weighted by atomic mass is 10.1. The van der Waals surface area contributed by atoms with E-state index in [1.54, 1.807) is 10.8 Å². The van der Waals surface area contributed by atoms with Gasteiger partial charge in [-0.2, -0.15) is 10.2 Å². The highest BCUT2D eigenvalue weighted by atomic mass is 35.5. The molecule has 2 aromatic heterocycles. The van der Waals surface area contributed by atoms with Crippen LogP contribution < -0.4 is 4.90 Å². The Bertz CT molecular complexity index is 1190. The number of rotatable bonds is 2. The van der Waals surface area contributed by atoms with Crippen molar-refractivity contribution in [3.8, 4) is 29.3 Å². The average molecular weight is 409 g/mol. The van der Waals surface area contributed by atoms with Crippen molar-refractivity contribution in [2.24, 2.45) is 0 Å². The standard InChI is InChI=1S/C18H13ClN8O2/c19-18-25(9-20)7-13-26(18)12-4-2-1-3-11(12)15-22-23-16(27(13)15)17-21-14(24-29-17)10-5-6-28-8-10/h1-4,7,10,18H,5-6,8H2. The van der Waals surface area contributed by atoms with Crippen LogP contribution in [-0.2, 0) is 4.74 Å². The maximum atomic E-state index is 9.47. The van der Waals surface area contributed by atoms with Crippen molar-refractivity contribution >= 4 is 23.1 Å². The van der Waals surface area contributed by atoms with E-state index in [0.29, 0.717) is 36.5 Å². The Labute approximate surface area is 169 Å². The number of fused-ring (bicyclic) bond motifs is 6. The highest BCUT2D eigenvalue weighted by Crippen LogP contribution is 2.46. The molecule has 2 unspecified atom stereocenters. The summed E-state index contributed by atoms with van der Waals surface area (Å²) in [6, 6.07) is 7.70. The van der Waals surface area contributed by atoms with Crippen LogP contribution in [0, 0.1) is 11.5 Å². The van der Waals surface area contributed by atoms with Gasteiger partial charge in [-0.05, 0) is 18.6 Å². The first-order valence-electron chi connectivity index (χ1n) is 9.06. The highest BCUT2D eigenvalue weighted by Gasteiger charge is 2.41. The van der Waals surface area contributed by atoms with Crippen LogP contribution in [-0.4, -0.2) is 48.6 Å². The smallest absolute Gasteiger partial charge is 0.296 e. The zero-order valence-corrected chi connectivity index (χ0v) is 15.7. The zero-order valence-electron chi connectivity index (χ0n) is 14.9. The molecule has 144 valence electrons. The van der Waals surface area contributed by atoms with Crippen LogP contribution in [0.2, 0.25) is 0 Å². The Balaban J connectivity index is 1.53. The molecular formula is C18H13ClN8O2. The van der Waals surface area contributed by atoms with Gasteiger partial charge in [-0.1, -0.05) is 28.9 Å². The van der Waals surface area contributed by atoms with Gasteiger partial charge in [0.25, 0.3) is 5.89 Å². The van der Waals surface area contributed by atoms with Gasteiger partial charge in [-0.3, -0.25) is 9.47 Å². The molecular weight excluding hydrogens is 396 g/mol. The number of benzene rings is 1. The Hall–Kier alpha value is -3.42. The number of alkyl halides is 1. The molecule has 0 amide bonds. The van der Waals surface area contributed by atoms with E-state index < -0.39 is 5.62 Å². The molecule has 6 rings (SSSR count). The van der Waals surface area contributed by atoms with Gasteiger partial charge in [-0.15, -0.1) is 10.2 Å². The second-order valence-corrected chi connectivity index (χ2v) is 7.28. The van der Waals surface area contributed by atoms with E-state index in [4.69, 9.17) is 20.9 Å². The third-order valence-corrected chi connectivity index (χ3v) is 5.69. The summed E-state index contributed by atoms with van der Waals surface area (Å²) in [7, 11) is 0. The quantitative estimate of drug-likeness (QED) is 0.358. The predicted octanol–water partition coefficient (Wildman–Crippen LogP) is 2.39. The van der Waals surface area contributed by atoms with Gasteiger partial charge >= 0.3 is 0 Å². The SMILES string of the molecule is N#CN1C=C2N(c3ccccc3-c3nnc(-c4nc(C5CCOC5)no4)n32)C1Cl. The van der Waals surface area contributed by atoms with Gasteiger partial charge in [0.2, 0.25) is 5.82 Å². The molecule has 0 saturated carbocycles. The number of hydrogen-bond donors (Lipinski definition) is 0. The maximum absolute atomic E-state index is 9.47. The largest absolute Gasteiger partial charge is 0.381 e. The van der Waals surface area contributed by atoms with Gasteiger partial charge in [-0.25, -0.2) is 4.90 Å². The van der Waals surface area contributed by atoms with E-state index in [-0.39, 0.29) is 11.8 Å². The van der Waals surface area contributed by atoms with Crippen LogP contribution in [0.5, 0.6) is 0 Å². The molecule has 0 spiro atoms. The molecule has 10 nitrogen and oxygen atoms in total. The number of anilines is 1. The topological polar surface area (TPSA) is 109 Å². The number of nitrogens with zero attached hydrogens (tertiary/aromatic N) is 8. The summed E-state index contributed by atoms with van der Waals surface area (Å²) in [6.07, 6.45) is 4.60. The van der Waals surface area contributed by atoms with Crippen molar-refractivity contribution in [3.63, 3.8) is 0 Å². The minimum atomic E-state index is -0.701. The fraction of sp³-hybridized carbons (Fsp3) is 0.278. The lowest BCUT2D eigenvalue weighted by Crippen LogP contribution is -2.36. The molecule has 3 aliphatic rings. The molecule has 2 atom stereocenters. The summed E-state index contributed by atoms with van der Waals surface area (Å²) < 4.78 is 12.7. The van der Waals surface area contributed by atoms with E-state index in [2.05, 4.69) is 26.5 Å². The fourth-order valence-corrected chi connectivity index (χ4v) is 4.18. The first-order chi connectivity index (χ1) is 14.3. The van der Waals surface area contributed by atoms with Crippen LogP contribution >= 0.6 is 11.6 Å². The molecule has 3 aromatic rings. The van der Waals surface area contributed by atoms with E-state index in [1.807, 2.05) is 29.2 Å². The van der Waals surface area contributed by atoms with Crippen molar-refractivity contribution in [3.05, 3.63) is 36.3 Å². The van der Waals surface area contributed by atoms with Crippen molar-refractivity contribution in [1.29, 1.82) is 5.26 Å². The summed E-state index contributed by atoms with van der Waals surface area (Å²) >= 11 is 6.56. The maximum Gasteiger partial charge on any atom is 0.296 e. The molecule has 29 heavy (non-hydrogen) atoms. The minimum absolute atomic E-state index is 0.112. The summed E-state index contributed by atoms with van der Waals surface area (Å²) in [5.74, 6) is 2.62. The Morgan fingerprint density at radius 2 is 2.07 bits per heavy atom. The second-order valence-electron chi connectivity index (χ2n) is 6.89. The first-order valence-corrected chi connectivity index (χ1v) is 9.50. The average Bonchev–Trinajstić information content (AvgIpc) is 3.52. The van der Waals surface area contributed by atoms with Crippen molar-refractivity contribution in [2.75, 3.05) is 18.1 Å². The normalized spacial score (nSPS) is 22.1. The third kappa shape index (κ3) is 2.25. The summed E-state index contributed by atoms with van der Waals surface area (Å²) in [5, 5.41) is 22.3. The van der Waals surface area contributed by atoms with E-state index >= 15 is 0 Å². The number of aromatic nitrogens is 5. The van der Waals surface area contributed by atoms with Gasteiger partial charge < -0.3 is 9.26 Å². The molecule has 0 aliphatic carbocycles. The Kier molecular flexibility index (Phi) is 3.44. The minimum Gasteiger partial charge on any atom is -0.381 e. The van der Waals surface area contributed by atoms with E-state index in [0.717, 1.165) is 17.7 Å². The molecule has 0 N–H and O–H groups in total. The Morgan fingerprint density at radius 3 is 2.90 bits per heavy atom. The van der Waals surface area contributed by atoms with Crippen molar-refractivity contribution in [1.82, 2.24) is 29.8 Å². The number of hydrogen-bond acceptors (Lipinski definition) is 9. The fourth-order valence-electron chi connectivity index (χ4n) is 3.88. The molecule has 1 fully saturated rings. The van der Waals surface area contributed by atoms with Crippen LogP contribution in [0.1, 0.15) is 18.2 Å². The highest BCUT2D eigenvalue weighted by molar-refractivity contribution is 6.23. The lowest BCUT2D eigenvalue weighted by molar-refractivity contribution is 0.192. The molecule has 5 heterocycles. The van der Waals surface area contributed by atoms with E-state index in [1.165, 1.54) is 4.90 Å². The van der Waals surface area contributed by atoms with Crippen molar-refractivity contribution in [2.45, 2.75) is 18.0 Å². The monoisotopic (exact) mass is 408 g/mol. The van der Waals surface area contributed by atoms with Crippen LogP contribution in [0.4, 0.5) is 5.69 Å². The van der Waals surface area contributed by atoms with Crippen molar-refractivity contribution < 1.29 is 9.26 Å². The summed E-state index contributed by atoms with van der Waals surface area (Å²) in [5.41, 5.74) is 0.989. The van der Waals surface area contributed by atoms with Gasteiger partial charge in [0, 0.05) is 18.1 Å².